The molecule has 2 aliphatic rings. The fraction of sp³-hybridized carbons (Fsp3) is 0.750. The van der Waals surface area contributed by atoms with E-state index in [4.69, 9.17) is 4.74 Å². The van der Waals surface area contributed by atoms with Crippen molar-refractivity contribution in [2.45, 2.75) is 45.6 Å². The lowest BCUT2D eigenvalue weighted by Gasteiger charge is -2.44. The largest absolute Gasteiger partial charge is 0.381 e. The minimum Gasteiger partial charge on any atom is -0.381 e. The van der Waals surface area contributed by atoms with Crippen LogP contribution in [0.2, 0.25) is 0 Å². The van der Waals surface area contributed by atoms with Crippen LogP contribution in [-0.2, 0) is 4.74 Å². The maximum Gasteiger partial charge on any atom is 0.317 e. The van der Waals surface area contributed by atoms with Crippen LogP contribution in [0, 0.1) is 12.3 Å². The molecule has 3 heterocycles. The number of hydrogen-bond donors (Lipinski definition) is 2. The van der Waals surface area contributed by atoms with E-state index in [0.717, 1.165) is 63.5 Å². The van der Waals surface area contributed by atoms with E-state index >= 15 is 0 Å². The van der Waals surface area contributed by atoms with Crippen molar-refractivity contribution in [3.63, 3.8) is 0 Å². The third kappa shape index (κ3) is 3.27. The van der Waals surface area contributed by atoms with E-state index in [1.165, 1.54) is 0 Å². The molecule has 0 unspecified atom stereocenters. The molecule has 2 aliphatic heterocycles. The normalized spacial score (nSPS) is 22.5. The van der Waals surface area contributed by atoms with Crippen LogP contribution < -0.4 is 5.32 Å². The minimum atomic E-state index is -0.0971. The number of carbonyl (C=O) groups excluding carboxylic acids is 1. The maximum atomic E-state index is 12.4. The SMILES string of the molecule is Cc1cnc([C@@H](C)NC(=O)N2CCC3(CCOCC3)CC2)[nH]1. The Bertz CT molecular complexity index is 512. The van der Waals surface area contributed by atoms with E-state index in [0.29, 0.717) is 5.41 Å². The molecule has 0 radical (unpaired) electrons. The van der Waals surface area contributed by atoms with Gasteiger partial charge in [-0.3, -0.25) is 0 Å². The third-order valence-corrected chi connectivity index (χ3v) is 5.14. The van der Waals surface area contributed by atoms with Crippen LogP contribution in [0.5, 0.6) is 0 Å². The number of hydrogen-bond acceptors (Lipinski definition) is 3. The van der Waals surface area contributed by atoms with E-state index < -0.39 is 0 Å². The molecular formula is C16H26N4O2. The summed E-state index contributed by atoms with van der Waals surface area (Å²) in [6.07, 6.45) is 6.26. The van der Waals surface area contributed by atoms with E-state index in [9.17, 15) is 4.79 Å². The molecule has 122 valence electrons. The lowest BCUT2D eigenvalue weighted by Crippen LogP contribution is -2.49. The second kappa shape index (κ2) is 6.28. The summed E-state index contributed by atoms with van der Waals surface area (Å²) in [5, 5.41) is 3.04. The number of aromatic nitrogens is 2. The Hall–Kier alpha value is -1.56. The molecule has 2 saturated heterocycles. The van der Waals surface area contributed by atoms with Gasteiger partial charge >= 0.3 is 6.03 Å². The number of aromatic amines is 1. The summed E-state index contributed by atoms with van der Waals surface area (Å²) < 4.78 is 5.47. The second-order valence-electron chi connectivity index (χ2n) is 6.72. The molecule has 2 fully saturated rings. The number of likely N-dealkylation sites (tertiary alicyclic amines) is 1. The van der Waals surface area contributed by atoms with Crippen LogP contribution >= 0.6 is 0 Å². The Labute approximate surface area is 131 Å². The first kappa shape index (κ1) is 15.3. The van der Waals surface area contributed by atoms with E-state index in [2.05, 4.69) is 15.3 Å². The van der Waals surface area contributed by atoms with Crippen LogP contribution in [0.15, 0.2) is 6.20 Å². The van der Waals surface area contributed by atoms with Crippen molar-refractivity contribution in [3.05, 3.63) is 17.7 Å². The predicted molar refractivity (Wildman–Crippen MR) is 83.6 cm³/mol. The van der Waals surface area contributed by atoms with Crippen LogP contribution in [0.25, 0.3) is 0 Å². The number of piperidine rings is 1. The van der Waals surface area contributed by atoms with E-state index in [1.807, 2.05) is 18.7 Å². The van der Waals surface area contributed by atoms with Crippen molar-refractivity contribution < 1.29 is 9.53 Å². The summed E-state index contributed by atoms with van der Waals surface area (Å²) >= 11 is 0. The van der Waals surface area contributed by atoms with Crippen molar-refractivity contribution in [2.24, 2.45) is 5.41 Å². The fourth-order valence-electron chi connectivity index (χ4n) is 3.49. The summed E-state index contributed by atoms with van der Waals surface area (Å²) in [6.45, 7) is 7.36. The number of rotatable bonds is 2. The summed E-state index contributed by atoms with van der Waals surface area (Å²) in [5.41, 5.74) is 1.43. The molecule has 0 aromatic carbocycles. The highest BCUT2D eigenvalue weighted by atomic mass is 16.5. The molecule has 2 amide bonds. The van der Waals surface area contributed by atoms with Crippen LogP contribution in [0.3, 0.4) is 0 Å². The van der Waals surface area contributed by atoms with Crippen LogP contribution in [-0.4, -0.2) is 47.2 Å². The van der Waals surface area contributed by atoms with Gasteiger partial charge in [-0.2, -0.15) is 0 Å². The molecule has 1 aromatic rings. The molecule has 1 spiro atoms. The predicted octanol–water partition coefficient (Wildman–Crippen LogP) is 2.38. The molecule has 3 rings (SSSR count). The van der Waals surface area contributed by atoms with E-state index in [-0.39, 0.29) is 12.1 Å². The number of carbonyl (C=O) groups is 1. The molecule has 0 bridgehead atoms. The number of aryl methyl sites for hydroxylation is 1. The number of imidazole rings is 1. The van der Waals surface area contributed by atoms with Gasteiger partial charge in [0.05, 0.1) is 6.04 Å². The van der Waals surface area contributed by atoms with Crippen LogP contribution in [0.4, 0.5) is 4.79 Å². The first-order valence-electron chi connectivity index (χ1n) is 8.23. The summed E-state index contributed by atoms with van der Waals surface area (Å²) in [4.78, 5) is 21.8. The van der Waals surface area contributed by atoms with Gasteiger partial charge in [0.2, 0.25) is 0 Å². The molecule has 2 N–H and O–H groups in total. The van der Waals surface area contributed by atoms with Gasteiger partial charge in [-0.25, -0.2) is 9.78 Å². The van der Waals surface area contributed by atoms with Crippen molar-refractivity contribution in [2.75, 3.05) is 26.3 Å². The fourth-order valence-corrected chi connectivity index (χ4v) is 3.49. The number of amides is 2. The van der Waals surface area contributed by atoms with Gasteiger partial charge in [0, 0.05) is 38.2 Å². The number of H-pyrrole nitrogens is 1. The molecule has 1 aromatic heterocycles. The van der Waals surface area contributed by atoms with Crippen molar-refractivity contribution in [1.82, 2.24) is 20.2 Å². The van der Waals surface area contributed by atoms with Gasteiger partial charge in [0.1, 0.15) is 5.82 Å². The maximum absolute atomic E-state index is 12.4. The Morgan fingerprint density at radius 2 is 2.05 bits per heavy atom. The molecule has 22 heavy (non-hydrogen) atoms. The summed E-state index contributed by atoms with van der Waals surface area (Å²) in [7, 11) is 0. The average Bonchev–Trinajstić information content (AvgIpc) is 2.95. The van der Waals surface area contributed by atoms with Crippen molar-refractivity contribution in [1.29, 1.82) is 0 Å². The topological polar surface area (TPSA) is 70.2 Å². The van der Waals surface area contributed by atoms with Gasteiger partial charge in [-0.15, -0.1) is 0 Å². The number of nitrogens with zero attached hydrogens (tertiary/aromatic N) is 2. The zero-order chi connectivity index (χ0) is 15.6. The Morgan fingerprint density at radius 3 is 2.64 bits per heavy atom. The zero-order valence-electron chi connectivity index (χ0n) is 13.5. The first-order valence-corrected chi connectivity index (χ1v) is 8.23. The van der Waals surface area contributed by atoms with Gasteiger partial charge < -0.3 is 19.9 Å². The molecule has 0 aliphatic carbocycles. The zero-order valence-corrected chi connectivity index (χ0v) is 13.5. The molecule has 6 heteroatoms. The second-order valence-corrected chi connectivity index (χ2v) is 6.72. The third-order valence-electron chi connectivity index (χ3n) is 5.14. The van der Waals surface area contributed by atoms with Crippen molar-refractivity contribution >= 4 is 6.03 Å². The monoisotopic (exact) mass is 306 g/mol. The van der Waals surface area contributed by atoms with Gasteiger partial charge in [-0.05, 0) is 44.9 Å². The molecular weight excluding hydrogens is 280 g/mol. The Morgan fingerprint density at radius 1 is 1.36 bits per heavy atom. The summed E-state index contributed by atoms with van der Waals surface area (Å²) in [5.74, 6) is 0.809. The average molecular weight is 306 g/mol. The molecule has 6 nitrogen and oxygen atoms in total. The highest BCUT2D eigenvalue weighted by molar-refractivity contribution is 5.74. The minimum absolute atomic E-state index is 0.0171. The quantitative estimate of drug-likeness (QED) is 0.881. The highest BCUT2D eigenvalue weighted by Gasteiger charge is 2.37. The highest BCUT2D eigenvalue weighted by Crippen LogP contribution is 2.40. The Kier molecular flexibility index (Phi) is 4.38. The smallest absolute Gasteiger partial charge is 0.317 e. The lowest BCUT2D eigenvalue weighted by molar-refractivity contribution is -0.0146. The number of nitrogens with one attached hydrogen (secondary N) is 2. The van der Waals surface area contributed by atoms with Gasteiger partial charge in [0.15, 0.2) is 0 Å². The van der Waals surface area contributed by atoms with Gasteiger partial charge in [0.25, 0.3) is 0 Å². The number of urea groups is 1. The van der Waals surface area contributed by atoms with E-state index in [1.54, 1.807) is 6.20 Å². The summed E-state index contributed by atoms with van der Waals surface area (Å²) in [6, 6.07) is -0.0800. The standard InChI is InChI=1S/C16H26N4O2/c1-12-11-17-14(18-12)13(2)19-15(21)20-7-3-16(4-8-20)5-9-22-10-6-16/h11,13H,3-10H2,1-2H3,(H,17,18)(H,19,21)/t13-/m1/s1. The Balaban J connectivity index is 1.51. The van der Waals surface area contributed by atoms with Gasteiger partial charge in [-0.1, -0.05) is 0 Å². The lowest BCUT2D eigenvalue weighted by atomic mass is 9.72. The molecule has 0 saturated carbocycles. The first-order chi connectivity index (χ1) is 10.6. The molecule has 1 atom stereocenters. The van der Waals surface area contributed by atoms with Crippen LogP contribution in [0.1, 0.15) is 50.2 Å². The number of ether oxygens (including phenoxy) is 1. The van der Waals surface area contributed by atoms with Crippen molar-refractivity contribution in [3.8, 4) is 0 Å².